The second-order valence-corrected chi connectivity index (χ2v) is 8.20. The summed E-state index contributed by atoms with van der Waals surface area (Å²) in [7, 11) is 0. The van der Waals surface area contributed by atoms with Gasteiger partial charge in [-0.05, 0) is 67.7 Å². The molecule has 2 aromatic carbocycles. The number of hydrogen-bond donors (Lipinski definition) is 4. The van der Waals surface area contributed by atoms with Crippen LogP contribution in [0.3, 0.4) is 0 Å². The number of carbonyl (C=O) groups excluding carboxylic acids is 1. The van der Waals surface area contributed by atoms with Gasteiger partial charge in [0.15, 0.2) is 0 Å². The van der Waals surface area contributed by atoms with E-state index in [1.54, 1.807) is 12.1 Å². The topological polar surface area (TPSA) is 101 Å². The highest BCUT2D eigenvalue weighted by Gasteiger charge is 2.25. The fourth-order valence-corrected chi connectivity index (χ4v) is 4.20. The smallest absolute Gasteiger partial charge is 0.258 e. The standard InChI is InChI=1S/C22H23N5O2S/c1-13(2)24-19(23)18-20(28)26-30-21(18)25-16-9-7-15(8-10-16)22(29)27-12-11-14-5-3-4-6-17(14)27/h3-10,13,25H,11-12H2,1-2H3,(H2,23,24)(H,26,28). The van der Waals surface area contributed by atoms with Crippen molar-refractivity contribution in [2.75, 3.05) is 16.8 Å². The Morgan fingerprint density at radius 1 is 1.20 bits per heavy atom. The maximum Gasteiger partial charge on any atom is 0.258 e. The molecule has 1 aliphatic heterocycles. The third-order valence-corrected chi connectivity index (χ3v) is 5.63. The summed E-state index contributed by atoms with van der Waals surface area (Å²) in [4.78, 5) is 14.8. The Morgan fingerprint density at radius 2 is 1.93 bits per heavy atom. The molecule has 1 aromatic heterocycles. The Labute approximate surface area is 179 Å². The number of para-hydroxylation sites is 1. The second-order valence-electron chi connectivity index (χ2n) is 7.42. The summed E-state index contributed by atoms with van der Waals surface area (Å²) < 4.78 is 3.95. The van der Waals surface area contributed by atoms with E-state index in [1.165, 1.54) is 5.56 Å². The predicted octanol–water partition coefficient (Wildman–Crippen LogP) is 4.12. The molecule has 0 unspecified atom stereocenters. The summed E-state index contributed by atoms with van der Waals surface area (Å²) in [6.45, 7) is 4.53. The van der Waals surface area contributed by atoms with Crippen LogP contribution in [-0.4, -0.2) is 33.8 Å². The van der Waals surface area contributed by atoms with Gasteiger partial charge in [0.1, 0.15) is 16.4 Å². The third-order valence-electron chi connectivity index (χ3n) is 4.88. The third kappa shape index (κ3) is 3.86. The summed E-state index contributed by atoms with van der Waals surface area (Å²) in [5, 5.41) is 24.9. The number of amides is 1. The first kappa shape index (κ1) is 19.9. The van der Waals surface area contributed by atoms with E-state index in [1.807, 2.05) is 49.1 Å². The van der Waals surface area contributed by atoms with Crippen LogP contribution in [0.1, 0.15) is 35.3 Å². The molecule has 154 valence electrons. The van der Waals surface area contributed by atoms with E-state index < -0.39 is 0 Å². The Bertz CT molecular complexity index is 1090. The maximum absolute atomic E-state index is 13.0. The Balaban J connectivity index is 1.50. The first-order valence-corrected chi connectivity index (χ1v) is 10.5. The van der Waals surface area contributed by atoms with Gasteiger partial charge in [-0.1, -0.05) is 18.2 Å². The molecule has 4 N–H and O–H groups in total. The molecule has 0 spiro atoms. The zero-order valence-electron chi connectivity index (χ0n) is 16.8. The number of benzene rings is 2. The maximum atomic E-state index is 13.0. The molecule has 0 saturated heterocycles. The monoisotopic (exact) mass is 421 g/mol. The Kier molecular flexibility index (Phi) is 5.41. The van der Waals surface area contributed by atoms with Crippen molar-refractivity contribution in [2.45, 2.75) is 26.3 Å². The van der Waals surface area contributed by atoms with Crippen LogP contribution in [0.5, 0.6) is 5.88 Å². The van der Waals surface area contributed by atoms with Gasteiger partial charge in [-0.15, -0.1) is 0 Å². The van der Waals surface area contributed by atoms with E-state index in [0.717, 1.165) is 29.3 Å². The van der Waals surface area contributed by atoms with Gasteiger partial charge in [0.05, 0.1) is 0 Å². The van der Waals surface area contributed by atoms with Crippen LogP contribution in [0.15, 0.2) is 48.5 Å². The average Bonchev–Trinajstić information content (AvgIpc) is 3.31. The van der Waals surface area contributed by atoms with Crippen LogP contribution < -0.4 is 15.5 Å². The molecule has 0 radical (unpaired) electrons. The molecule has 0 fully saturated rings. The number of nitrogens with zero attached hydrogens (tertiary/aromatic N) is 2. The first-order chi connectivity index (χ1) is 14.4. The molecule has 0 aliphatic carbocycles. The molecule has 3 aromatic rings. The lowest BCUT2D eigenvalue weighted by molar-refractivity contribution is 0.0989. The number of nitrogens with one attached hydrogen (secondary N) is 3. The molecule has 0 saturated carbocycles. The average molecular weight is 422 g/mol. The summed E-state index contributed by atoms with van der Waals surface area (Å²) in [5.74, 6) is -0.0936. The zero-order chi connectivity index (χ0) is 21.3. The number of carbonyl (C=O) groups is 1. The molecule has 30 heavy (non-hydrogen) atoms. The van der Waals surface area contributed by atoms with E-state index in [-0.39, 0.29) is 23.7 Å². The molecule has 2 heterocycles. The summed E-state index contributed by atoms with van der Waals surface area (Å²) >= 11 is 1.08. The van der Waals surface area contributed by atoms with Gasteiger partial charge in [-0.2, -0.15) is 4.37 Å². The largest absolute Gasteiger partial charge is 0.492 e. The van der Waals surface area contributed by atoms with Crippen LogP contribution in [0.25, 0.3) is 0 Å². The highest BCUT2D eigenvalue weighted by Crippen LogP contribution is 2.33. The number of rotatable bonds is 5. The number of amidine groups is 1. The first-order valence-electron chi connectivity index (χ1n) is 9.75. The van der Waals surface area contributed by atoms with Gasteiger partial charge < -0.3 is 20.6 Å². The van der Waals surface area contributed by atoms with Gasteiger partial charge in [0.2, 0.25) is 5.88 Å². The van der Waals surface area contributed by atoms with Crippen molar-refractivity contribution in [3.63, 3.8) is 0 Å². The van der Waals surface area contributed by atoms with Crippen LogP contribution in [0.4, 0.5) is 16.4 Å². The normalized spacial score (nSPS) is 12.7. The number of hydrogen-bond acceptors (Lipinski definition) is 6. The summed E-state index contributed by atoms with van der Waals surface area (Å²) in [6, 6.07) is 15.2. The highest BCUT2D eigenvalue weighted by atomic mass is 32.1. The molecular weight excluding hydrogens is 398 g/mol. The van der Waals surface area contributed by atoms with Crippen molar-refractivity contribution in [1.82, 2.24) is 9.69 Å². The number of fused-ring (bicyclic) bond motifs is 1. The van der Waals surface area contributed by atoms with Gasteiger partial charge in [-0.3, -0.25) is 10.2 Å². The van der Waals surface area contributed by atoms with E-state index in [4.69, 9.17) is 5.41 Å². The van der Waals surface area contributed by atoms with E-state index in [2.05, 4.69) is 21.1 Å². The minimum atomic E-state index is -0.180. The number of aromatic hydroxyl groups is 1. The Morgan fingerprint density at radius 3 is 2.67 bits per heavy atom. The fraction of sp³-hybridized carbons (Fsp3) is 0.227. The zero-order valence-corrected chi connectivity index (χ0v) is 17.6. The van der Waals surface area contributed by atoms with Crippen LogP contribution in [0, 0.1) is 5.41 Å². The van der Waals surface area contributed by atoms with Crippen molar-refractivity contribution >= 4 is 39.7 Å². The second kappa shape index (κ2) is 8.16. The van der Waals surface area contributed by atoms with Crippen molar-refractivity contribution in [2.24, 2.45) is 0 Å². The molecule has 7 nitrogen and oxygen atoms in total. The Hall–Kier alpha value is -3.39. The van der Waals surface area contributed by atoms with Crippen molar-refractivity contribution in [1.29, 1.82) is 5.41 Å². The van der Waals surface area contributed by atoms with Crippen molar-refractivity contribution in [3.05, 3.63) is 65.2 Å². The molecule has 4 rings (SSSR count). The molecule has 0 atom stereocenters. The van der Waals surface area contributed by atoms with Crippen molar-refractivity contribution in [3.8, 4) is 5.88 Å². The minimum Gasteiger partial charge on any atom is -0.492 e. The van der Waals surface area contributed by atoms with E-state index >= 15 is 0 Å². The quantitative estimate of drug-likeness (QED) is 0.367. The molecule has 1 aliphatic rings. The van der Waals surface area contributed by atoms with Gasteiger partial charge in [0.25, 0.3) is 5.91 Å². The number of aromatic nitrogens is 1. The SMILES string of the molecule is CC(C)NC(=N)c1c(O)nsc1Nc1ccc(C(=O)N2CCc3ccccc32)cc1. The van der Waals surface area contributed by atoms with Crippen LogP contribution in [0.2, 0.25) is 0 Å². The molecule has 8 heteroatoms. The number of anilines is 3. The highest BCUT2D eigenvalue weighted by molar-refractivity contribution is 7.11. The molecule has 1 amide bonds. The lowest BCUT2D eigenvalue weighted by atomic mass is 10.1. The van der Waals surface area contributed by atoms with Gasteiger partial charge in [0, 0.05) is 29.5 Å². The van der Waals surface area contributed by atoms with Crippen LogP contribution in [-0.2, 0) is 6.42 Å². The summed E-state index contributed by atoms with van der Waals surface area (Å²) in [5.41, 5.74) is 3.86. The van der Waals surface area contributed by atoms with E-state index in [9.17, 15) is 9.90 Å². The van der Waals surface area contributed by atoms with E-state index in [0.29, 0.717) is 22.7 Å². The van der Waals surface area contributed by atoms with Crippen molar-refractivity contribution < 1.29 is 9.90 Å². The lowest BCUT2D eigenvalue weighted by Crippen LogP contribution is -2.30. The van der Waals surface area contributed by atoms with Crippen LogP contribution >= 0.6 is 11.5 Å². The molecule has 0 bridgehead atoms. The summed E-state index contributed by atoms with van der Waals surface area (Å²) in [6.07, 6.45) is 0.871. The minimum absolute atomic E-state index is 0.0227. The lowest BCUT2D eigenvalue weighted by Gasteiger charge is -2.17. The van der Waals surface area contributed by atoms with Gasteiger partial charge >= 0.3 is 0 Å². The fourth-order valence-electron chi connectivity index (χ4n) is 3.49. The van der Waals surface area contributed by atoms with Gasteiger partial charge in [-0.25, -0.2) is 0 Å². The predicted molar refractivity (Wildman–Crippen MR) is 120 cm³/mol. The molecular formula is C22H23N5O2S.